The summed E-state index contributed by atoms with van der Waals surface area (Å²) >= 11 is 0. The molecule has 2 bridgehead atoms. The Morgan fingerprint density at radius 2 is 2.13 bits per heavy atom. The van der Waals surface area contributed by atoms with E-state index >= 15 is 0 Å². The van der Waals surface area contributed by atoms with E-state index in [9.17, 15) is 9.59 Å². The first-order chi connectivity index (χ1) is 11.1. The van der Waals surface area contributed by atoms with Gasteiger partial charge in [-0.3, -0.25) is 9.59 Å². The van der Waals surface area contributed by atoms with E-state index < -0.39 is 0 Å². The Labute approximate surface area is 133 Å². The van der Waals surface area contributed by atoms with Crippen molar-refractivity contribution < 1.29 is 14.0 Å². The smallest absolute Gasteiger partial charge is 0.270 e. The van der Waals surface area contributed by atoms with Crippen LogP contribution >= 0.6 is 0 Å². The van der Waals surface area contributed by atoms with E-state index in [1.807, 2.05) is 0 Å². The fourth-order valence-corrected chi connectivity index (χ4v) is 3.70. The number of carbonyl (C=O) groups is 2. The minimum atomic E-state index is -0.179. The summed E-state index contributed by atoms with van der Waals surface area (Å²) in [6, 6.07) is 1.84. The number of nitrogens with zero attached hydrogens (tertiary/aromatic N) is 2. The Kier molecular flexibility index (Phi) is 3.41. The molecule has 0 saturated carbocycles. The maximum atomic E-state index is 12.5. The Balaban J connectivity index is 1.57. The summed E-state index contributed by atoms with van der Waals surface area (Å²) in [5, 5.41) is 3.76. The van der Waals surface area contributed by atoms with Gasteiger partial charge in [-0.05, 0) is 44.8 Å². The van der Waals surface area contributed by atoms with Crippen LogP contribution in [0.25, 0.3) is 11.0 Å². The molecule has 3 fully saturated rings. The average Bonchev–Trinajstić information content (AvgIpc) is 2.99. The average molecular weight is 313 g/mol. The molecule has 2 aromatic heterocycles. The largest absolute Gasteiger partial charge is 0.462 e. The van der Waals surface area contributed by atoms with Gasteiger partial charge in [-0.15, -0.1) is 0 Å². The van der Waals surface area contributed by atoms with Gasteiger partial charge in [-0.25, -0.2) is 4.98 Å². The van der Waals surface area contributed by atoms with Crippen LogP contribution in [0.15, 0.2) is 22.9 Å². The summed E-state index contributed by atoms with van der Waals surface area (Å²) in [4.78, 5) is 30.7. The first-order valence-corrected chi connectivity index (χ1v) is 8.03. The molecule has 0 aromatic carbocycles. The molecule has 0 spiro atoms. The Morgan fingerprint density at radius 3 is 2.78 bits per heavy atom. The molecule has 0 radical (unpaired) electrons. The second-order valence-corrected chi connectivity index (χ2v) is 6.49. The van der Waals surface area contributed by atoms with E-state index in [1.54, 1.807) is 6.07 Å². The monoisotopic (exact) mass is 313 g/mol. The highest BCUT2D eigenvalue weighted by Gasteiger charge is 2.35. The second-order valence-electron chi connectivity index (χ2n) is 6.49. The molecule has 3 saturated heterocycles. The van der Waals surface area contributed by atoms with Crippen molar-refractivity contribution in [1.29, 1.82) is 0 Å². The van der Waals surface area contributed by atoms with Gasteiger partial charge in [0.15, 0.2) is 11.4 Å². The van der Waals surface area contributed by atoms with Crippen molar-refractivity contribution >= 4 is 22.7 Å². The number of carbonyl (C=O) groups excluding carboxylic acids is 2. The summed E-state index contributed by atoms with van der Waals surface area (Å²) in [5.74, 6) is 0.300. The molecule has 1 unspecified atom stereocenters. The van der Waals surface area contributed by atoms with Crippen molar-refractivity contribution in [2.24, 2.45) is 5.92 Å². The number of aromatic nitrogens is 1. The molecular formula is C17H19N3O3. The maximum absolute atomic E-state index is 12.5. The Morgan fingerprint density at radius 1 is 1.35 bits per heavy atom. The molecule has 5 heterocycles. The standard InChI is InChI=1S/C17H19N3O3/c1-10(21)13-9-23-16-7-18-14(6-12(13)16)17(22)19-15-8-20-4-2-11(15)3-5-20/h6-7,9,11,15H,2-5,8H2,1H3,(H,19,22). The zero-order valence-corrected chi connectivity index (χ0v) is 13.0. The van der Waals surface area contributed by atoms with E-state index in [0.29, 0.717) is 28.1 Å². The van der Waals surface area contributed by atoms with E-state index in [4.69, 9.17) is 4.42 Å². The van der Waals surface area contributed by atoms with Crippen LogP contribution in [0.3, 0.4) is 0 Å². The molecule has 23 heavy (non-hydrogen) atoms. The third-order valence-corrected chi connectivity index (χ3v) is 5.05. The minimum absolute atomic E-state index is 0.0845. The van der Waals surface area contributed by atoms with Crippen molar-refractivity contribution in [1.82, 2.24) is 15.2 Å². The highest BCUT2D eigenvalue weighted by Crippen LogP contribution is 2.28. The zero-order valence-electron chi connectivity index (χ0n) is 13.0. The molecule has 1 amide bonds. The summed E-state index contributed by atoms with van der Waals surface area (Å²) in [5.41, 5.74) is 1.34. The third kappa shape index (κ3) is 2.53. The quantitative estimate of drug-likeness (QED) is 0.875. The summed E-state index contributed by atoms with van der Waals surface area (Å²) < 4.78 is 5.31. The van der Waals surface area contributed by atoms with E-state index in [-0.39, 0.29) is 17.7 Å². The molecule has 1 N–H and O–H groups in total. The van der Waals surface area contributed by atoms with Crippen molar-refractivity contribution in [2.75, 3.05) is 19.6 Å². The van der Waals surface area contributed by atoms with Crippen LogP contribution in [0, 0.1) is 5.92 Å². The fraction of sp³-hybridized carbons (Fsp3) is 0.471. The maximum Gasteiger partial charge on any atom is 0.270 e. The van der Waals surface area contributed by atoms with Crippen molar-refractivity contribution in [3.05, 3.63) is 29.8 Å². The number of rotatable bonds is 3. The molecule has 1 atom stereocenters. The lowest BCUT2D eigenvalue weighted by Gasteiger charge is -2.44. The minimum Gasteiger partial charge on any atom is -0.462 e. The number of nitrogens with one attached hydrogen (secondary N) is 1. The normalized spacial score (nSPS) is 26.4. The van der Waals surface area contributed by atoms with Crippen molar-refractivity contribution in [3.63, 3.8) is 0 Å². The SMILES string of the molecule is CC(=O)c1coc2cnc(C(=O)NC3CN4CCC3CC4)cc12. The van der Waals surface area contributed by atoms with Gasteiger partial charge in [-0.1, -0.05) is 0 Å². The van der Waals surface area contributed by atoms with E-state index in [2.05, 4.69) is 15.2 Å². The molecule has 120 valence electrons. The lowest BCUT2D eigenvalue weighted by molar-refractivity contribution is 0.0618. The van der Waals surface area contributed by atoms with E-state index in [0.717, 1.165) is 32.5 Å². The third-order valence-electron chi connectivity index (χ3n) is 5.05. The van der Waals surface area contributed by atoms with Gasteiger partial charge in [-0.2, -0.15) is 0 Å². The highest BCUT2D eigenvalue weighted by molar-refractivity contribution is 6.07. The van der Waals surface area contributed by atoms with Crippen LogP contribution in [0.5, 0.6) is 0 Å². The fourth-order valence-electron chi connectivity index (χ4n) is 3.70. The van der Waals surface area contributed by atoms with Crippen LogP contribution < -0.4 is 5.32 Å². The number of pyridine rings is 1. The van der Waals surface area contributed by atoms with Crippen LogP contribution in [0.4, 0.5) is 0 Å². The predicted molar refractivity (Wildman–Crippen MR) is 84.4 cm³/mol. The van der Waals surface area contributed by atoms with Crippen LogP contribution in [0.1, 0.15) is 40.6 Å². The van der Waals surface area contributed by atoms with Crippen LogP contribution in [0.2, 0.25) is 0 Å². The lowest BCUT2D eigenvalue weighted by atomic mass is 9.84. The molecule has 6 nitrogen and oxygen atoms in total. The molecule has 2 aromatic rings. The van der Waals surface area contributed by atoms with Crippen LogP contribution in [-0.2, 0) is 0 Å². The van der Waals surface area contributed by atoms with Crippen molar-refractivity contribution in [3.8, 4) is 0 Å². The Hall–Kier alpha value is -2.21. The number of hydrogen-bond donors (Lipinski definition) is 1. The molecule has 3 aliphatic rings. The number of furan rings is 1. The van der Waals surface area contributed by atoms with Gasteiger partial charge in [0.25, 0.3) is 5.91 Å². The summed E-state index contributed by atoms with van der Waals surface area (Å²) in [6.45, 7) is 4.68. The summed E-state index contributed by atoms with van der Waals surface area (Å²) in [7, 11) is 0. The summed E-state index contributed by atoms with van der Waals surface area (Å²) in [6.07, 6.45) is 5.22. The molecule has 6 heteroatoms. The molecule has 0 aliphatic carbocycles. The highest BCUT2D eigenvalue weighted by atomic mass is 16.3. The van der Waals surface area contributed by atoms with E-state index in [1.165, 1.54) is 19.4 Å². The second kappa shape index (κ2) is 5.45. The number of ketones is 1. The Bertz CT molecular complexity index is 774. The molecular weight excluding hydrogens is 294 g/mol. The first-order valence-electron chi connectivity index (χ1n) is 8.03. The first kappa shape index (κ1) is 14.4. The van der Waals surface area contributed by atoms with Gasteiger partial charge in [0.2, 0.25) is 0 Å². The van der Waals surface area contributed by atoms with Crippen molar-refractivity contribution in [2.45, 2.75) is 25.8 Å². The zero-order chi connectivity index (χ0) is 16.0. The van der Waals surface area contributed by atoms with Gasteiger partial charge in [0.1, 0.15) is 12.0 Å². The van der Waals surface area contributed by atoms with Gasteiger partial charge < -0.3 is 14.6 Å². The lowest BCUT2D eigenvalue weighted by Crippen LogP contribution is -2.57. The number of Topliss-reactive ketones (excluding diaryl/α,β-unsaturated/α-hetero) is 1. The number of amides is 1. The molecule has 3 aliphatic heterocycles. The van der Waals surface area contributed by atoms with Gasteiger partial charge >= 0.3 is 0 Å². The molecule has 5 rings (SSSR count). The van der Waals surface area contributed by atoms with Crippen LogP contribution in [-0.4, -0.2) is 47.3 Å². The predicted octanol–water partition coefficient (Wildman–Crippen LogP) is 1.85. The number of piperidine rings is 3. The number of fused-ring (bicyclic) bond motifs is 4. The van der Waals surface area contributed by atoms with Gasteiger partial charge in [0.05, 0.1) is 11.8 Å². The topological polar surface area (TPSA) is 75.4 Å². The van der Waals surface area contributed by atoms with Gasteiger partial charge in [0, 0.05) is 18.0 Å². The number of hydrogen-bond acceptors (Lipinski definition) is 5.